The second-order valence-corrected chi connectivity index (χ2v) is 6.17. The lowest BCUT2D eigenvalue weighted by Crippen LogP contribution is -2.23. The monoisotopic (exact) mass is 328 g/mol. The smallest absolute Gasteiger partial charge is 0.303 e. The molecule has 1 aliphatic carbocycles. The summed E-state index contributed by atoms with van der Waals surface area (Å²) in [6, 6.07) is 4.17. The minimum absolute atomic E-state index is 0.228. The Hall–Kier alpha value is -2.10. The first-order valence-corrected chi connectivity index (χ1v) is 8.19. The lowest BCUT2D eigenvalue weighted by Gasteiger charge is -2.23. The van der Waals surface area contributed by atoms with Crippen LogP contribution in [0.3, 0.4) is 0 Å². The largest absolute Gasteiger partial charge is 0.462 e. The third-order valence-electron chi connectivity index (χ3n) is 4.15. The van der Waals surface area contributed by atoms with Gasteiger partial charge in [-0.25, -0.2) is 0 Å². The summed E-state index contributed by atoms with van der Waals surface area (Å²) >= 11 is 0. The first-order chi connectivity index (χ1) is 11.4. The van der Waals surface area contributed by atoms with Gasteiger partial charge < -0.3 is 9.47 Å². The highest BCUT2D eigenvalue weighted by Gasteiger charge is 2.20. The number of hydrogen-bond acceptors (Lipinski definition) is 4. The molecule has 1 aromatic carbocycles. The van der Waals surface area contributed by atoms with Gasteiger partial charge in [-0.3, -0.25) is 9.59 Å². The molecule has 0 N–H and O–H groups in total. The standard InChI is InChI=1S/C20H24O4/c1-13-8-9-14(2)20-12-18(24-16(4)22)7-5-6-17(23-15(3)21)10-11-19(13)20/h5-6,8-9,17-18H,7,11-12H2,1-4H3/b6-5-. The molecule has 0 spiro atoms. The average molecular weight is 328 g/mol. The number of benzene rings is 1. The van der Waals surface area contributed by atoms with E-state index in [0.717, 1.165) is 5.56 Å². The second kappa shape index (κ2) is 8.13. The molecule has 2 radical (unpaired) electrons. The molecule has 2 unspecified atom stereocenters. The fourth-order valence-corrected chi connectivity index (χ4v) is 2.98. The predicted molar refractivity (Wildman–Crippen MR) is 91.4 cm³/mol. The van der Waals surface area contributed by atoms with Crippen LogP contribution in [0.1, 0.15) is 42.5 Å². The van der Waals surface area contributed by atoms with Gasteiger partial charge >= 0.3 is 11.9 Å². The zero-order valence-corrected chi connectivity index (χ0v) is 14.7. The van der Waals surface area contributed by atoms with Gasteiger partial charge in [0.2, 0.25) is 0 Å². The summed E-state index contributed by atoms with van der Waals surface area (Å²) in [7, 11) is 0. The number of carbonyl (C=O) groups is 2. The molecule has 0 fully saturated rings. The second-order valence-electron chi connectivity index (χ2n) is 6.17. The summed E-state index contributed by atoms with van der Waals surface area (Å²) in [5.74, 6) is -0.626. The van der Waals surface area contributed by atoms with Crippen LogP contribution in [0.25, 0.3) is 0 Å². The van der Waals surface area contributed by atoms with Gasteiger partial charge in [-0.2, -0.15) is 0 Å². The fourth-order valence-electron chi connectivity index (χ4n) is 2.98. The Bertz CT molecular complexity index is 645. The summed E-state index contributed by atoms with van der Waals surface area (Å²) in [6.45, 7) is 6.94. The molecule has 128 valence electrons. The van der Waals surface area contributed by atoms with Crippen molar-refractivity contribution in [2.24, 2.45) is 0 Å². The van der Waals surface area contributed by atoms with Crippen LogP contribution in [0.15, 0.2) is 24.3 Å². The van der Waals surface area contributed by atoms with Crippen molar-refractivity contribution >= 4 is 11.9 Å². The number of hydrogen-bond donors (Lipinski definition) is 0. The predicted octanol–water partition coefficient (Wildman–Crippen LogP) is 3.29. The lowest BCUT2D eigenvalue weighted by molar-refractivity contribution is -0.146. The van der Waals surface area contributed by atoms with Gasteiger partial charge in [-0.05, 0) is 48.6 Å². The van der Waals surface area contributed by atoms with Gasteiger partial charge in [-0.1, -0.05) is 18.2 Å². The van der Waals surface area contributed by atoms with Crippen molar-refractivity contribution in [1.82, 2.24) is 0 Å². The molecule has 0 aromatic heterocycles. The van der Waals surface area contributed by atoms with Crippen LogP contribution in [0.2, 0.25) is 0 Å². The molecule has 2 rings (SSSR count). The Labute approximate surface area is 143 Å². The molecule has 0 amide bonds. The van der Waals surface area contributed by atoms with Crippen molar-refractivity contribution in [3.05, 3.63) is 53.0 Å². The highest BCUT2D eigenvalue weighted by molar-refractivity contribution is 5.66. The van der Waals surface area contributed by atoms with Crippen molar-refractivity contribution in [2.75, 3.05) is 0 Å². The molecule has 2 atom stereocenters. The SMILES string of the molecule is CC(=O)OC1[C]Cc2c(C)ccc(C)c2CC(OC(C)=O)C/C=C\1. The quantitative estimate of drug-likeness (QED) is 0.617. The third-order valence-corrected chi connectivity index (χ3v) is 4.15. The van der Waals surface area contributed by atoms with Crippen LogP contribution < -0.4 is 0 Å². The van der Waals surface area contributed by atoms with E-state index in [-0.39, 0.29) is 18.0 Å². The molecule has 0 saturated carbocycles. The number of carbonyl (C=O) groups excluding carboxylic acids is 2. The van der Waals surface area contributed by atoms with Gasteiger partial charge in [-0.15, -0.1) is 0 Å². The number of aryl methyl sites for hydroxylation is 2. The van der Waals surface area contributed by atoms with Crippen LogP contribution in [-0.2, 0) is 31.9 Å². The molecule has 4 heteroatoms. The maximum absolute atomic E-state index is 11.4. The van der Waals surface area contributed by atoms with Crippen molar-refractivity contribution in [3.63, 3.8) is 0 Å². The molecular weight excluding hydrogens is 304 g/mol. The highest BCUT2D eigenvalue weighted by atomic mass is 16.5. The van der Waals surface area contributed by atoms with E-state index in [0.29, 0.717) is 19.3 Å². The zero-order chi connectivity index (χ0) is 17.7. The number of esters is 2. The van der Waals surface area contributed by atoms with E-state index >= 15 is 0 Å². The molecule has 1 aliphatic rings. The Balaban J connectivity index is 2.36. The third kappa shape index (κ3) is 4.95. The number of fused-ring (bicyclic) bond motifs is 1. The van der Waals surface area contributed by atoms with Crippen molar-refractivity contribution in [1.29, 1.82) is 0 Å². The van der Waals surface area contributed by atoms with E-state index in [4.69, 9.17) is 9.47 Å². The fraction of sp³-hybridized carbons (Fsp3) is 0.450. The van der Waals surface area contributed by atoms with E-state index in [1.807, 2.05) is 6.08 Å². The van der Waals surface area contributed by atoms with E-state index in [1.54, 1.807) is 6.08 Å². The van der Waals surface area contributed by atoms with Gasteiger partial charge in [0.05, 0.1) is 0 Å². The molecule has 0 aliphatic heterocycles. The molecule has 0 bridgehead atoms. The summed E-state index contributed by atoms with van der Waals surface area (Å²) < 4.78 is 10.8. The van der Waals surface area contributed by atoms with E-state index in [1.165, 1.54) is 30.5 Å². The van der Waals surface area contributed by atoms with Crippen LogP contribution in [0.4, 0.5) is 0 Å². The van der Waals surface area contributed by atoms with Crippen LogP contribution in [0, 0.1) is 20.3 Å². The zero-order valence-electron chi connectivity index (χ0n) is 14.7. The first-order valence-electron chi connectivity index (χ1n) is 8.19. The van der Waals surface area contributed by atoms with Gasteiger partial charge in [0.25, 0.3) is 0 Å². The summed E-state index contributed by atoms with van der Waals surface area (Å²) in [6.07, 6.45) is 8.06. The van der Waals surface area contributed by atoms with E-state index < -0.39 is 6.10 Å². The Morgan fingerprint density at radius 3 is 2.29 bits per heavy atom. The maximum Gasteiger partial charge on any atom is 0.303 e. The maximum atomic E-state index is 11.4. The summed E-state index contributed by atoms with van der Waals surface area (Å²) in [5.41, 5.74) is 4.68. The minimum Gasteiger partial charge on any atom is -0.462 e. The number of ether oxygens (including phenoxy) is 2. The average Bonchev–Trinajstić information content (AvgIpc) is 2.48. The Kier molecular flexibility index (Phi) is 6.18. The van der Waals surface area contributed by atoms with Crippen molar-refractivity contribution < 1.29 is 19.1 Å². The molecule has 4 nitrogen and oxygen atoms in total. The van der Waals surface area contributed by atoms with Gasteiger partial charge in [0.1, 0.15) is 12.2 Å². The van der Waals surface area contributed by atoms with Crippen molar-refractivity contribution in [3.8, 4) is 0 Å². The lowest BCUT2D eigenvalue weighted by atomic mass is 9.88. The van der Waals surface area contributed by atoms with Crippen molar-refractivity contribution in [2.45, 2.75) is 59.2 Å². The molecule has 24 heavy (non-hydrogen) atoms. The Morgan fingerprint density at radius 1 is 1.04 bits per heavy atom. The summed E-state index contributed by atoms with van der Waals surface area (Å²) in [5, 5.41) is 0. The van der Waals surface area contributed by atoms with Crippen LogP contribution in [-0.4, -0.2) is 24.1 Å². The Morgan fingerprint density at radius 2 is 1.67 bits per heavy atom. The van der Waals surface area contributed by atoms with E-state index in [2.05, 4.69) is 32.4 Å². The molecular formula is C20H24O4. The van der Waals surface area contributed by atoms with Crippen LogP contribution in [0.5, 0.6) is 0 Å². The van der Waals surface area contributed by atoms with Crippen LogP contribution >= 0.6 is 0 Å². The van der Waals surface area contributed by atoms with Gasteiger partial charge in [0.15, 0.2) is 0 Å². The molecule has 1 aromatic rings. The molecule has 0 heterocycles. The molecule has 0 saturated heterocycles. The topological polar surface area (TPSA) is 52.6 Å². The summed E-state index contributed by atoms with van der Waals surface area (Å²) in [4.78, 5) is 22.7. The van der Waals surface area contributed by atoms with E-state index in [9.17, 15) is 9.59 Å². The first kappa shape index (κ1) is 18.2. The minimum atomic E-state index is -0.494. The highest BCUT2D eigenvalue weighted by Crippen LogP contribution is 2.25. The number of rotatable bonds is 2. The van der Waals surface area contributed by atoms with Gasteiger partial charge in [0, 0.05) is 33.1 Å². The normalized spacial score (nSPS) is 22.2.